The molecule has 2 aromatic rings. The van der Waals surface area contributed by atoms with E-state index in [0.29, 0.717) is 5.69 Å². The molecule has 0 atom stereocenters. The Morgan fingerprint density at radius 3 is 2.32 bits per heavy atom. The number of aliphatic imine (C=N–C) groups is 1. The van der Waals surface area contributed by atoms with Gasteiger partial charge in [0.1, 0.15) is 17.4 Å². The van der Waals surface area contributed by atoms with Crippen molar-refractivity contribution >= 4 is 35.6 Å². The van der Waals surface area contributed by atoms with E-state index < -0.39 is 18.0 Å². The maximum Gasteiger partial charge on any atom is 0.573 e. The summed E-state index contributed by atoms with van der Waals surface area (Å²) in [4.78, 5) is 3.84. The summed E-state index contributed by atoms with van der Waals surface area (Å²) in [6.45, 7) is -0.197. The molecule has 2 rings (SSSR count). The van der Waals surface area contributed by atoms with Gasteiger partial charge in [0, 0.05) is 11.3 Å². The highest BCUT2D eigenvalue weighted by atomic mass is 127. The van der Waals surface area contributed by atoms with Crippen LogP contribution in [0.5, 0.6) is 5.75 Å². The van der Waals surface area contributed by atoms with Crippen LogP contribution in [0, 0.1) is 11.6 Å². The number of halogens is 6. The van der Waals surface area contributed by atoms with Crippen molar-refractivity contribution in [1.82, 2.24) is 0 Å². The lowest BCUT2D eigenvalue weighted by Crippen LogP contribution is -2.22. The molecule has 0 heterocycles. The van der Waals surface area contributed by atoms with Crippen LogP contribution in [0.3, 0.4) is 0 Å². The minimum absolute atomic E-state index is 0. The Morgan fingerprint density at radius 2 is 1.72 bits per heavy atom. The summed E-state index contributed by atoms with van der Waals surface area (Å²) in [6, 6.07) is 7.73. The van der Waals surface area contributed by atoms with Crippen molar-refractivity contribution < 1.29 is 26.7 Å². The third-order valence-corrected chi connectivity index (χ3v) is 2.79. The molecule has 0 unspecified atom stereocenters. The van der Waals surface area contributed by atoms with Gasteiger partial charge in [0.15, 0.2) is 5.96 Å². The summed E-state index contributed by atoms with van der Waals surface area (Å²) >= 11 is 0. The molecule has 0 aliphatic rings. The van der Waals surface area contributed by atoms with E-state index in [1.807, 2.05) is 0 Å². The van der Waals surface area contributed by atoms with Gasteiger partial charge in [-0.1, -0.05) is 0 Å². The van der Waals surface area contributed by atoms with Crippen molar-refractivity contribution in [3.63, 3.8) is 0 Å². The molecule has 136 valence electrons. The van der Waals surface area contributed by atoms with E-state index in [0.717, 1.165) is 30.3 Å². The molecular formula is C15H13F5IN3O. The first-order valence-corrected chi connectivity index (χ1v) is 6.59. The minimum atomic E-state index is -4.77. The average molecular weight is 473 g/mol. The van der Waals surface area contributed by atoms with Crippen LogP contribution in [0.25, 0.3) is 0 Å². The summed E-state index contributed by atoms with van der Waals surface area (Å²) < 4.78 is 66.3. The molecule has 0 saturated heterocycles. The molecule has 0 amide bonds. The van der Waals surface area contributed by atoms with E-state index in [-0.39, 0.29) is 47.8 Å². The lowest BCUT2D eigenvalue weighted by Gasteiger charge is -2.10. The number of ether oxygens (including phenoxy) is 1. The molecule has 2 aromatic carbocycles. The number of hydrogen-bond donors (Lipinski definition) is 2. The van der Waals surface area contributed by atoms with Crippen LogP contribution < -0.4 is 15.8 Å². The molecular weight excluding hydrogens is 460 g/mol. The molecule has 0 aliphatic carbocycles. The molecule has 25 heavy (non-hydrogen) atoms. The van der Waals surface area contributed by atoms with Gasteiger partial charge in [0.2, 0.25) is 0 Å². The van der Waals surface area contributed by atoms with Gasteiger partial charge >= 0.3 is 6.36 Å². The van der Waals surface area contributed by atoms with E-state index >= 15 is 0 Å². The lowest BCUT2D eigenvalue weighted by atomic mass is 10.2. The zero-order chi connectivity index (χ0) is 17.7. The van der Waals surface area contributed by atoms with Gasteiger partial charge in [-0.3, -0.25) is 0 Å². The second-order valence-electron chi connectivity index (χ2n) is 4.63. The van der Waals surface area contributed by atoms with Gasteiger partial charge in [-0.15, -0.1) is 37.1 Å². The Bertz CT molecular complexity index is 735. The fourth-order valence-electron chi connectivity index (χ4n) is 1.76. The monoisotopic (exact) mass is 473 g/mol. The molecule has 3 N–H and O–H groups in total. The van der Waals surface area contributed by atoms with Crippen molar-refractivity contribution in [3.8, 4) is 5.75 Å². The molecule has 10 heteroatoms. The Labute approximate surface area is 156 Å². The van der Waals surface area contributed by atoms with Crippen LogP contribution >= 0.6 is 24.0 Å². The molecule has 0 aliphatic heterocycles. The Balaban J connectivity index is 0.00000312. The second kappa shape index (κ2) is 8.83. The number of nitrogens with two attached hydrogens (primary N) is 1. The Morgan fingerprint density at radius 1 is 1.08 bits per heavy atom. The third kappa shape index (κ3) is 7.11. The summed E-state index contributed by atoms with van der Waals surface area (Å²) in [5.41, 5.74) is 5.97. The van der Waals surface area contributed by atoms with Gasteiger partial charge in [-0.05, 0) is 42.5 Å². The highest BCUT2D eigenvalue weighted by molar-refractivity contribution is 14.0. The van der Waals surface area contributed by atoms with Crippen LogP contribution in [0.4, 0.5) is 27.6 Å². The number of nitrogens with one attached hydrogen (secondary N) is 1. The number of benzene rings is 2. The highest BCUT2D eigenvalue weighted by Gasteiger charge is 2.30. The number of hydrogen-bond acceptors (Lipinski definition) is 2. The largest absolute Gasteiger partial charge is 0.573 e. The van der Waals surface area contributed by atoms with E-state index in [1.165, 1.54) is 12.1 Å². The predicted molar refractivity (Wildman–Crippen MR) is 93.8 cm³/mol. The summed E-state index contributed by atoms with van der Waals surface area (Å²) in [7, 11) is 0. The smallest absolute Gasteiger partial charge is 0.406 e. The fraction of sp³-hybridized carbons (Fsp3) is 0.133. The van der Waals surface area contributed by atoms with E-state index in [4.69, 9.17) is 5.73 Å². The number of alkyl halides is 3. The first-order valence-electron chi connectivity index (χ1n) is 6.59. The SMILES string of the molecule is I.NC(=NCc1cc(F)ccc1F)Nc1ccc(OC(F)(F)F)cc1. The normalized spacial score (nSPS) is 11.6. The van der Waals surface area contributed by atoms with Crippen molar-refractivity contribution in [2.75, 3.05) is 5.32 Å². The van der Waals surface area contributed by atoms with Gasteiger partial charge in [-0.2, -0.15) is 0 Å². The maximum absolute atomic E-state index is 13.4. The standard InChI is InChI=1S/C15H12F5N3O.HI/c16-10-1-6-13(17)9(7-10)8-22-14(21)23-11-2-4-12(5-3-11)24-15(18,19)20;/h1-7H,8H2,(H3,21,22,23);1H. The Hall–Kier alpha value is -2.11. The van der Waals surface area contributed by atoms with Gasteiger partial charge in [0.25, 0.3) is 0 Å². The number of anilines is 1. The lowest BCUT2D eigenvalue weighted by molar-refractivity contribution is -0.274. The molecule has 0 saturated carbocycles. The van der Waals surface area contributed by atoms with E-state index in [1.54, 1.807) is 0 Å². The molecule has 0 bridgehead atoms. The quantitative estimate of drug-likeness (QED) is 0.300. The van der Waals surface area contributed by atoms with Gasteiger partial charge in [0.05, 0.1) is 6.54 Å². The van der Waals surface area contributed by atoms with Gasteiger partial charge < -0.3 is 15.8 Å². The molecule has 0 radical (unpaired) electrons. The van der Waals surface area contributed by atoms with Crippen LogP contribution in [0.2, 0.25) is 0 Å². The third-order valence-electron chi connectivity index (χ3n) is 2.79. The number of nitrogens with zero attached hydrogens (tertiary/aromatic N) is 1. The topological polar surface area (TPSA) is 59.6 Å². The van der Waals surface area contributed by atoms with Crippen LogP contribution in [0.1, 0.15) is 5.56 Å². The Kier molecular flexibility index (Phi) is 7.39. The first kappa shape index (κ1) is 20.9. The van der Waals surface area contributed by atoms with Gasteiger partial charge in [-0.25, -0.2) is 13.8 Å². The molecule has 4 nitrogen and oxygen atoms in total. The number of guanidine groups is 1. The zero-order valence-electron chi connectivity index (χ0n) is 12.5. The zero-order valence-corrected chi connectivity index (χ0v) is 14.8. The van der Waals surface area contributed by atoms with Crippen molar-refractivity contribution in [2.24, 2.45) is 10.7 Å². The van der Waals surface area contributed by atoms with Crippen LogP contribution in [-0.2, 0) is 6.54 Å². The second-order valence-corrected chi connectivity index (χ2v) is 4.63. The fourth-order valence-corrected chi connectivity index (χ4v) is 1.76. The van der Waals surface area contributed by atoms with E-state index in [9.17, 15) is 22.0 Å². The molecule has 0 fully saturated rings. The van der Waals surface area contributed by atoms with Crippen LogP contribution in [-0.4, -0.2) is 12.3 Å². The molecule has 0 spiro atoms. The van der Waals surface area contributed by atoms with Crippen molar-refractivity contribution in [1.29, 1.82) is 0 Å². The maximum atomic E-state index is 13.4. The van der Waals surface area contributed by atoms with Crippen molar-refractivity contribution in [3.05, 3.63) is 59.7 Å². The number of rotatable bonds is 4. The average Bonchev–Trinajstić information content (AvgIpc) is 2.49. The highest BCUT2D eigenvalue weighted by Crippen LogP contribution is 2.23. The summed E-state index contributed by atoms with van der Waals surface area (Å²) in [6.07, 6.45) is -4.77. The summed E-state index contributed by atoms with van der Waals surface area (Å²) in [5.74, 6) is -1.72. The minimum Gasteiger partial charge on any atom is -0.406 e. The first-order chi connectivity index (χ1) is 11.2. The molecule has 0 aromatic heterocycles. The summed E-state index contributed by atoms with van der Waals surface area (Å²) in [5, 5.41) is 2.61. The van der Waals surface area contributed by atoms with Crippen molar-refractivity contribution in [2.45, 2.75) is 12.9 Å². The van der Waals surface area contributed by atoms with Crippen LogP contribution in [0.15, 0.2) is 47.5 Å². The predicted octanol–water partition coefficient (Wildman–Crippen LogP) is 4.41. The van der Waals surface area contributed by atoms with E-state index in [2.05, 4.69) is 15.0 Å².